The van der Waals surface area contributed by atoms with Gasteiger partial charge in [0.05, 0.1) is 28.9 Å². The molecule has 0 bridgehead atoms. The number of nitrogens with one attached hydrogen (secondary N) is 3. The van der Waals surface area contributed by atoms with Crippen LogP contribution in [-0.2, 0) is 0 Å². The molecule has 2 amide bonds. The molecule has 0 saturated heterocycles. The van der Waals surface area contributed by atoms with E-state index in [2.05, 4.69) is 15.6 Å². The second-order valence-electron chi connectivity index (χ2n) is 6.67. The molecule has 0 aliphatic heterocycles. The zero-order valence-electron chi connectivity index (χ0n) is 21.5. The minimum absolute atomic E-state index is 0.000658. The summed E-state index contributed by atoms with van der Waals surface area (Å²) in [6.07, 6.45) is 1.35. The van der Waals surface area contributed by atoms with Gasteiger partial charge in [0.25, 0.3) is 11.8 Å². The molecule has 0 unspecified atom stereocenters. The second-order valence-corrected chi connectivity index (χ2v) is 7.11. The van der Waals surface area contributed by atoms with Crippen molar-refractivity contribution in [2.45, 2.75) is 0 Å². The van der Waals surface area contributed by atoms with E-state index in [0.29, 0.717) is 10.8 Å². The first kappa shape index (κ1) is 17.7. The van der Waals surface area contributed by atoms with Gasteiger partial charge >= 0.3 is 0 Å². The van der Waals surface area contributed by atoms with Crippen LogP contribution >= 0.6 is 11.6 Å². The lowest BCUT2D eigenvalue weighted by atomic mass is 10.1. The molecular weight excluding hydrogens is 430 g/mol. The van der Waals surface area contributed by atoms with Crippen LogP contribution in [0.2, 0.25) is 5.02 Å². The molecule has 3 N–H and O–H groups in total. The molecule has 2 aromatic carbocycles. The standard InChI is InChI=1S/C23H22ClN5O3/c1-29(2)21(25)14-4-6-15(7-5-14)22(30)27-19-10-9-17(32-3)12-18(19)23(31)28-20-11-8-16(24)13-26-20/h4-13,25H,1-3H3,(H,27,30)(H,26,28,31)/i4D,5D,6D,7D. The van der Waals surface area contributed by atoms with Crippen molar-refractivity contribution in [2.24, 2.45) is 0 Å². The summed E-state index contributed by atoms with van der Waals surface area (Å²) in [5, 5.41) is 13.5. The number of carbonyl (C=O) groups is 2. The molecule has 1 aromatic heterocycles. The Balaban J connectivity index is 2.01. The smallest absolute Gasteiger partial charge is 0.259 e. The second kappa shape index (κ2) is 9.93. The van der Waals surface area contributed by atoms with Crippen LogP contribution in [0.15, 0.2) is 60.7 Å². The molecule has 3 rings (SSSR count). The molecule has 0 aliphatic rings. The summed E-state index contributed by atoms with van der Waals surface area (Å²) in [5.74, 6) is -1.28. The Kier molecular flexibility index (Phi) is 5.51. The van der Waals surface area contributed by atoms with E-state index in [1.54, 1.807) is 6.07 Å². The van der Waals surface area contributed by atoms with Gasteiger partial charge in [-0.3, -0.25) is 15.0 Å². The highest BCUT2D eigenvalue weighted by molar-refractivity contribution is 6.30. The third-order valence-corrected chi connectivity index (χ3v) is 4.45. The number of amidine groups is 1. The number of hydrogen-bond acceptors (Lipinski definition) is 5. The lowest BCUT2D eigenvalue weighted by molar-refractivity contribution is 0.102. The Morgan fingerprint density at radius 3 is 2.34 bits per heavy atom. The first-order valence-electron chi connectivity index (χ1n) is 11.2. The Bertz CT molecular complexity index is 1340. The van der Waals surface area contributed by atoms with Gasteiger partial charge in [0.2, 0.25) is 0 Å². The van der Waals surface area contributed by atoms with Crippen molar-refractivity contribution in [1.82, 2.24) is 9.88 Å². The predicted molar refractivity (Wildman–Crippen MR) is 125 cm³/mol. The van der Waals surface area contributed by atoms with E-state index in [-0.39, 0.29) is 28.5 Å². The number of ether oxygens (including phenoxy) is 1. The van der Waals surface area contributed by atoms with Crippen LogP contribution in [0.4, 0.5) is 11.5 Å². The normalized spacial score (nSPS) is 12.0. The predicted octanol–water partition coefficient (Wildman–Crippen LogP) is 4.14. The number of rotatable bonds is 6. The molecule has 164 valence electrons. The Hall–Kier alpha value is -3.91. The van der Waals surface area contributed by atoms with E-state index in [0.717, 1.165) is 0 Å². The maximum atomic E-state index is 13.1. The van der Waals surface area contributed by atoms with E-state index in [9.17, 15) is 9.59 Å². The highest BCUT2D eigenvalue weighted by atomic mass is 35.5. The topological polar surface area (TPSA) is 107 Å². The lowest BCUT2D eigenvalue weighted by Crippen LogP contribution is -2.22. The van der Waals surface area contributed by atoms with Crippen molar-refractivity contribution in [2.75, 3.05) is 31.8 Å². The summed E-state index contributed by atoms with van der Waals surface area (Å²) >= 11 is 5.82. The van der Waals surface area contributed by atoms with Crippen LogP contribution in [0, 0.1) is 5.41 Å². The zero-order chi connectivity index (χ0) is 26.7. The molecule has 0 radical (unpaired) electrons. The maximum absolute atomic E-state index is 13.1. The van der Waals surface area contributed by atoms with Crippen LogP contribution in [0.1, 0.15) is 31.8 Å². The molecule has 3 aromatic rings. The van der Waals surface area contributed by atoms with Crippen molar-refractivity contribution in [3.05, 3.63) is 82.4 Å². The largest absolute Gasteiger partial charge is 0.497 e. The van der Waals surface area contributed by atoms with Crippen LogP contribution < -0.4 is 15.4 Å². The molecule has 0 fully saturated rings. The molecule has 0 aliphatic carbocycles. The third kappa shape index (κ3) is 5.41. The fraction of sp³-hybridized carbons (Fsp3) is 0.130. The van der Waals surface area contributed by atoms with Gasteiger partial charge < -0.3 is 20.3 Å². The molecule has 32 heavy (non-hydrogen) atoms. The van der Waals surface area contributed by atoms with Gasteiger partial charge in [0, 0.05) is 31.4 Å². The van der Waals surface area contributed by atoms with Crippen LogP contribution in [0.5, 0.6) is 5.75 Å². The lowest BCUT2D eigenvalue weighted by Gasteiger charge is -2.15. The van der Waals surface area contributed by atoms with Gasteiger partial charge in [-0.1, -0.05) is 23.7 Å². The molecular formula is C23H22ClN5O3. The van der Waals surface area contributed by atoms with Gasteiger partial charge in [-0.15, -0.1) is 0 Å². The number of anilines is 2. The van der Waals surface area contributed by atoms with Crippen molar-refractivity contribution in [1.29, 1.82) is 5.41 Å². The summed E-state index contributed by atoms with van der Waals surface area (Å²) in [6, 6.07) is 5.06. The SMILES string of the molecule is [2H]c1c([2H])c(C(=O)Nc2ccc(OC)cc2C(=O)Nc2ccc(Cl)cn2)c([2H])c([2H])c1C(=N)N(C)C. The minimum atomic E-state index is -0.959. The van der Waals surface area contributed by atoms with E-state index < -0.39 is 41.5 Å². The third-order valence-electron chi connectivity index (χ3n) is 4.22. The van der Waals surface area contributed by atoms with Gasteiger partial charge in [-0.2, -0.15) is 0 Å². The Morgan fingerprint density at radius 1 is 1.06 bits per heavy atom. The summed E-state index contributed by atoms with van der Waals surface area (Å²) in [5.41, 5.74) is -0.719. The molecule has 1 heterocycles. The average molecular weight is 456 g/mol. The summed E-state index contributed by atoms with van der Waals surface area (Å²) < 4.78 is 38.2. The van der Waals surface area contributed by atoms with Crippen LogP contribution in [0.25, 0.3) is 0 Å². The first-order chi connectivity index (χ1) is 17.0. The number of methoxy groups -OCH3 is 1. The van der Waals surface area contributed by atoms with Crippen LogP contribution in [-0.4, -0.2) is 48.7 Å². The van der Waals surface area contributed by atoms with Gasteiger partial charge in [-0.05, 0) is 42.4 Å². The Morgan fingerprint density at radius 2 is 1.75 bits per heavy atom. The number of pyridine rings is 1. The Labute approximate surface area is 196 Å². The highest BCUT2D eigenvalue weighted by Gasteiger charge is 2.17. The molecule has 9 heteroatoms. The van der Waals surface area contributed by atoms with E-state index in [1.807, 2.05) is 0 Å². The van der Waals surface area contributed by atoms with Crippen molar-refractivity contribution in [3.63, 3.8) is 0 Å². The van der Waals surface area contributed by atoms with Crippen LogP contribution in [0.3, 0.4) is 0 Å². The number of hydrogen-bond donors (Lipinski definition) is 3. The highest BCUT2D eigenvalue weighted by Crippen LogP contribution is 2.24. The number of nitrogens with zero attached hydrogens (tertiary/aromatic N) is 2. The van der Waals surface area contributed by atoms with E-state index in [4.69, 9.17) is 27.2 Å². The number of benzene rings is 2. The van der Waals surface area contributed by atoms with Crippen molar-refractivity contribution < 1.29 is 19.8 Å². The number of carbonyl (C=O) groups excluding carboxylic acids is 2. The van der Waals surface area contributed by atoms with Gasteiger partial charge in [-0.25, -0.2) is 4.98 Å². The number of halogens is 1. The molecule has 0 saturated carbocycles. The summed E-state index contributed by atoms with van der Waals surface area (Å²) in [4.78, 5) is 31.4. The fourth-order valence-electron chi connectivity index (χ4n) is 2.53. The summed E-state index contributed by atoms with van der Waals surface area (Å²) in [6.45, 7) is 0. The first-order valence-corrected chi connectivity index (χ1v) is 9.62. The molecule has 8 nitrogen and oxygen atoms in total. The minimum Gasteiger partial charge on any atom is -0.497 e. The fourth-order valence-corrected chi connectivity index (χ4v) is 2.65. The van der Waals surface area contributed by atoms with Gasteiger partial charge in [0.1, 0.15) is 17.4 Å². The monoisotopic (exact) mass is 455 g/mol. The summed E-state index contributed by atoms with van der Waals surface area (Å²) in [7, 11) is 4.48. The molecule has 0 atom stereocenters. The van der Waals surface area contributed by atoms with Crippen molar-refractivity contribution >= 4 is 40.8 Å². The van der Waals surface area contributed by atoms with Gasteiger partial charge in [0.15, 0.2) is 0 Å². The number of aromatic nitrogens is 1. The number of amides is 2. The van der Waals surface area contributed by atoms with E-state index in [1.165, 1.54) is 56.6 Å². The molecule has 0 spiro atoms. The average Bonchev–Trinajstić information content (AvgIpc) is 2.84. The quantitative estimate of drug-likeness (QED) is 0.382. The van der Waals surface area contributed by atoms with Crippen molar-refractivity contribution in [3.8, 4) is 5.75 Å². The maximum Gasteiger partial charge on any atom is 0.259 e. The van der Waals surface area contributed by atoms with E-state index >= 15 is 0 Å². The zero-order valence-corrected chi connectivity index (χ0v) is 18.2.